The average Bonchev–Trinajstić information content (AvgIpc) is 3.06. The number of amides is 2. The number of nitrogens with one attached hydrogen (secondary N) is 1. The number of hydrogen-bond acceptors (Lipinski definition) is 5. The van der Waals surface area contributed by atoms with Gasteiger partial charge in [-0.2, -0.15) is 0 Å². The second-order valence-corrected chi connectivity index (χ2v) is 12.9. The van der Waals surface area contributed by atoms with E-state index in [4.69, 9.17) is 4.74 Å². The fourth-order valence-electron chi connectivity index (χ4n) is 5.03. The van der Waals surface area contributed by atoms with Gasteiger partial charge < -0.3 is 15.0 Å². The molecule has 0 fully saturated rings. The molecule has 0 aliphatic heterocycles. The summed E-state index contributed by atoms with van der Waals surface area (Å²) in [5.74, 6) is -1.28. The third kappa shape index (κ3) is 8.72. The lowest BCUT2D eigenvalue weighted by molar-refractivity contribution is -0.140. The van der Waals surface area contributed by atoms with Gasteiger partial charge in [0.2, 0.25) is 11.8 Å². The molecule has 0 aliphatic carbocycles. The van der Waals surface area contributed by atoms with Gasteiger partial charge in [-0.25, -0.2) is 12.8 Å². The maximum absolute atomic E-state index is 15.3. The number of hydrogen-bond donors (Lipinski definition) is 1. The van der Waals surface area contributed by atoms with Crippen molar-refractivity contribution in [2.45, 2.75) is 50.6 Å². The van der Waals surface area contributed by atoms with Crippen LogP contribution in [0.15, 0.2) is 108 Å². The van der Waals surface area contributed by atoms with Crippen LogP contribution in [0.2, 0.25) is 0 Å². The minimum absolute atomic E-state index is 0.0234. The zero-order chi connectivity index (χ0) is 33.1. The highest BCUT2D eigenvalue weighted by molar-refractivity contribution is 7.92. The number of ether oxygens (including phenoxy) is 1. The largest absolute Gasteiger partial charge is 0.497 e. The molecular weight excluding hydrogens is 605 g/mol. The molecule has 0 heterocycles. The Morgan fingerprint density at radius 3 is 2.24 bits per heavy atom. The number of aryl methyl sites for hydroxylation is 1. The van der Waals surface area contributed by atoms with Gasteiger partial charge in [0.15, 0.2) is 0 Å². The van der Waals surface area contributed by atoms with Crippen LogP contribution in [0.25, 0.3) is 0 Å². The van der Waals surface area contributed by atoms with Crippen LogP contribution in [0, 0.1) is 12.7 Å². The first-order valence-electron chi connectivity index (χ1n) is 15.2. The Kier molecular flexibility index (Phi) is 11.9. The van der Waals surface area contributed by atoms with E-state index in [0.717, 1.165) is 34.3 Å². The molecule has 2 amide bonds. The minimum Gasteiger partial charge on any atom is -0.497 e. The molecule has 0 radical (unpaired) electrons. The van der Waals surface area contributed by atoms with E-state index >= 15 is 4.39 Å². The lowest BCUT2D eigenvalue weighted by atomic mass is 10.0. The second-order valence-electron chi connectivity index (χ2n) is 11.0. The van der Waals surface area contributed by atoms with E-state index in [1.165, 1.54) is 42.3 Å². The number of benzene rings is 4. The zero-order valence-corrected chi connectivity index (χ0v) is 27.2. The van der Waals surface area contributed by atoms with Gasteiger partial charge >= 0.3 is 0 Å². The highest BCUT2D eigenvalue weighted by atomic mass is 32.2. The number of carbonyl (C=O) groups is 2. The number of anilines is 1. The van der Waals surface area contributed by atoms with Gasteiger partial charge in [0.05, 0.1) is 17.7 Å². The van der Waals surface area contributed by atoms with Gasteiger partial charge in [-0.05, 0) is 60.9 Å². The number of methoxy groups -OCH3 is 1. The Labute approximate surface area is 270 Å². The summed E-state index contributed by atoms with van der Waals surface area (Å²) in [5, 5.41) is 2.95. The van der Waals surface area contributed by atoms with E-state index in [-0.39, 0.29) is 29.5 Å². The predicted octanol–water partition coefficient (Wildman–Crippen LogP) is 5.89. The van der Waals surface area contributed by atoms with E-state index in [9.17, 15) is 18.0 Å². The first-order chi connectivity index (χ1) is 22.1. The number of halogens is 1. The molecule has 1 N–H and O–H groups in total. The monoisotopic (exact) mass is 645 g/mol. The number of unbranched alkanes of at least 4 members (excludes halogenated alkanes) is 1. The van der Waals surface area contributed by atoms with Gasteiger partial charge in [-0.15, -0.1) is 0 Å². The molecule has 0 bridgehead atoms. The van der Waals surface area contributed by atoms with Gasteiger partial charge in [0, 0.05) is 19.5 Å². The molecule has 1 atom stereocenters. The van der Waals surface area contributed by atoms with Crippen LogP contribution in [0.5, 0.6) is 5.75 Å². The molecule has 10 heteroatoms. The van der Waals surface area contributed by atoms with Crippen LogP contribution < -0.4 is 14.4 Å². The molecule has 0 aliphatic rings. The predicted molar refractivity (Wildman–Crippen MR) is 178 cm³/mol. The van der Waals surface area contributed by atoms with E-state index in [2.05, 4.69) is 5.32 Å². The van der Waals surface area contributed by atoms with Crippen molar-refractivity contribution in [2.75, 3.05) is 24.5 Å². The summed E-state index contributed by atoms with van der Waals surface area (Å²) in [7, 11) is -2.87. The summed E-state index contributed by atoms with van der Waals surface area (Å²) in [5.41, 5.74) is 2.06. The van der Waals surface area contributed by atoms with Crippen molar-refractivity contribution in [1.82, 2.24) is 10.2 Å². The Morgan fingerprint density at radius 2 is 1.57 bits per heavy atom. The third-order valence-corrected chi connectivity index (χ3v) is 9.37. The second kappa shape index (κ2) is 16.0. The van der Waals surface area contributed by atoms with Gasteiger partial charge in [0.25, 0.3) is 10.0 Å². The van der Waals surface area contributed by atoms with Crippen molar-refractivity contribution < 1.29 is 27.1 Å². The fraction of sp³-hybridized carbons (Fsp3) is 0.278. The van der Waals surface area contributed by atoms with Crippen molar-refractivity contribution in [3.8, 4) is 5.75 Å². The van der Waals surface area contributed by atoms with E-state index < -0.39 is 34.3 Å². The number of carbonyl (C=O) groups excluding carboxylic acids is 2. The Balaban J connectivity index is 1.81. The molecule has 4 aromatic rings. The van der Waals surface area contributed by atoms with E-state index in [0.29, 0.717) is 17.9 Å². The average molecular weight is 646 g/mol. The maximum atomic E-state index is 15.3. The highest BCUT2D eigenvalue weighted by Crippen LogP contribution is 2.28. The number of rotatable bonds is 15. The molecule has 0 unspecified atom stereocenters. The fourth-order valence-corrected chi connectivity index (χ4v) is 6.45. The molecule has 242 valence electrons. The minimum atomic E-state index is -4.40. The number of para-hydroxylation sites is 1. The zero-order valence-electron chi connectivity index (χ0n) is 26.4. The third-order valence-electron chi connectivity index (χ3n) is 7.60. The van der Waals surface area contributed by atoms with Crippen molar-refractivity contribution >= 4 is 27.5 Å². The molecule has 4 aromatic carbocycles. The van der Waals surface area contributed by atoms with Crippen LogP contribution >= 0.6 is 0 Å². The van der Waals surface area contributed by atoms with Crippen molar-refractivity contribution in [3.05, 3.63) is 126 Å². The van der Waals surface area contributed by atoms with Gasteiger partial charge in [-0.1, -0.05) is 85.6 Å². The highest BCUT2D eigenvalue weighted by Gasteiger charge is 2.35. The lowest BCUT2D eigenvalue weighted by Crippen LogP contribution is -2.53. The van der Waals surface area contributed by atoms with Gasteiger partial charge in [0.1, 0.15) is 24.2 Å². The van der Waals surface area contributed by atoms with Crippen molar-refractivity contribution in [3.63, 3.8) is 0 Å². The molecule has 8 nitrogen and oxygen atoms in total. The molecule has 4 rings (SSSR count). The number of sulfonamides is 1. The molecule has 0 aromatic heterocycles. The van der Waals surface area contributed by atoms with Crippen molar-refractivity contribution in [2.24, 2.45) is 0 Å². The van der Waals surface area contributed by atoms with Crippen LogP contribution in [-0.2, 0) is 32.6 Å². The summed E-state index contributed by atoms with van der Waals surface area (Å²) >= 11 is 0. The van der Waals surface area contributed by atoms with Crippen LogP contribution in [0.3, 0.4) is 0 Å². The Bertz CT molecular complexity index is 1720. The molecule has 46 heavy (non-hydrogen) atoms. The lowest BCUT2D eigenvalue weighted by Gasteiger charge is -2.34. The smallest absolute Gasteiger partial charge is 0.264 e. The summed E-state index contributed by atoms with van der Waals surface area (Å²) in [6.07, 6.45) is 1.80. The summed E-state index contributed by atoms with van der Waals surface area (Å²) in [4.78, 5) is 29.6. The molecule has 0 saturated heterocycles. The molecular formula is C36H40FN3O5S. The molecule has 0 spiro atoms. The SMILES string of the molecule is CCCCNC(=O)[C@H](Cc1ccccc1)N(Cc1cccc(OC)c1)C(=O)CN(c1ccccc1F)S(=O)(=O)c1ccc(C)cc1. The Hall–Kier alpha value is -4.70. The van der Waals surface area contributed by atoms with Gasteiger partial charge in [-0.3, -0.25) is 13.9 Å². The quantitative estimate of drug-likeness (QED) is 0.163. The van der Waals surface area contributed by atoms with E-state index in [1.807, 2.05) is 44.2 Å². The first kappa shape index (κ1) is 34.2. The summed E-state index contributed by atoms with van der Waals surface area (Å²) in [6.45, 7) is 3.49. The van der Waals surface area contributed by atoms with E-state index in [1.54, 1.807) is 36.4 Å². The number of nitrogens with zero attached hydrogens (tertiary/aromatic N) is 2. The Morgan fingerprint density at radius 1 is 0.891 bits per heavy atom. The van der Waals surface area contributed by atoms with Crippen molar-refractivity contribution in [1.29, 1.82) is 0 Å². The van der Waals surface area contributed by atoms with Crippen LogP contribution in [-0.4, -0.2) is 51.4 Å². The van der Waals surface area contributed by atoms with Crippen LogP contribution in [0.4, 0.5) is 10.1 Å². The standard InChI is InChI=1S/C36H40FN3O5S/c1-4-5-22-38-36(42)34(24-28-12-7-6-8-13-28)39(25-29-14-11-15-30(23-29)45-3)35(41)26-40(33-17-10-9-16-32(33)37)46(43,44)31-20-18-27(2)19-21-31/h6-21,23,34H,4-5,22,24-26H2,1-3H3,(H,38,42)/t34-/m0/s1. The topological polar surface area (TPSA) is 96.0 Å². The summed E-state index contributed by atoms with van der Waals surface area (Å²) < 4.78 is 49.6. The maximum Gasteiger partial charge on any atom is 0.264 e. The first-order valence-corrected chi connectivity index (χ1v) is 16.7. The molecule has 0 saturated carbocycles. The summed E-state index contributed by atoms with van der Waals surface area (Å²) in [6, 6.07) is 27.0. The normalized spacial score (nSPS) is 11.8. The van der Waals surface area contributed by atoms with Crippen LogP contribution in [0.1, 0.15) is 36.5 Å².